The van der Waals surface area contributed by atoms with Gasteiger partial charge in [0.05, 0.1) is 0 Å². The molecule has 0 amide bonds. The summed E-state index contributed by atoms with van der Waals surface area (Å²) in [5.74, 6) is 2.41. The highest BCUT2D eigenvalue weighted by Crippen LogP contribution is 2.55. The van der Waals surface area contributed by atoms with Crippen LogP contribution in [-0.4, -0.2) is 5.78 Å². The number of carbonyl (C=O) groups is 1. The monoisotopic (exact) mass is 228 g/mol. The first-order valence-corrected chi connectivity index (χ1v) is 6.84. The number of rotatable bonds is 3. The van der Waals surface area contributed by atoms with Crippen LogP contribution in [0.2, 0.25) is 0 Å². The van der Waals surface area contributed by atoms with Crippen molar-refractivity contribution in [1.82, 2.24) is 0 Å². The van der Waals surface area contributed by atoms with Crippen LogP contribution >= 0.6 is 0 Å². The number of fused-ring (bicyclic) bond motifs is 1. The van der Waals surface area contributed by atoms with E-state index in [4.69, 9.17) is 0 Å². The summed E-state index contributed by atoms with van der Waals surface area (Å²) in [6.45, 7) is 2.08. The molecule has 0 spiro atoms. The summed E-state index contributed by atoms with van der Waals surface area (Å²) in [5, 5.41) is 0. The van der Waals surface area contributed by atoms with Crippen LogP contribution in [-0.2, 0) is 11.2 Å². The summed E-state index contributed by atoms with van der Waals surface area (Å²) in [7, 11) is 0. The molecule has 1 aromatic carbocycles. The Labute approximate surface area is 103 Å². The van der Waals surface area contributed by atoms with Crippen LogP contribution in [0.3, 0.4) is 0 Å². The standard InChI is InChI=1S/C16H20O/c1-11-6-8-12(9-7-11)10-15(17)16-13-4-2-3-5-14(13)16/h6-9,13-14,16H,2-5,10H2,1H3. The van der Waals surface area contributed by atoms with E-state index in [0.29, 0.717) is 18.1 Å². The summed E-state index contributed by atoms with van der Waals surface area (Å²) < 4.78 is 0. The van der Waals surface area contributed by atoms with Gasteiger partial charge >= 0.3 is 0 Å². The van der Waals surface area contributed by atoms with Gasteiger partial charge in [-0.15, -0.1) is 0 Å². The number of ketones is 1. The minimum absolute atomic E-state index is 0.416. The van der Waals surface area contributed by atoms with Crippen LogP contribution in [0.1, 0.15) is 36.8 Å². The van der Waals surface area contributed by atoms with E-state index in [2.05, 4.69) is 31.2 Å². The maximum atomic E-state index is 12.2. The minimum atomic E-state index is 0.416. The fourth-order valence-electron chi connectivity index (χ4n) is 3.49. The highest BCUT2D eigenvalue weighted by atomic mass is 16.1. The van der Waals surface area contributed by atoms with Crippen molar-refractivity contribution in [1.29, 1.82) is 0 Å². The first-order chi connectivity index (χ1) is 8.25. The molecule has 0 radical (unpaired) electrons. The Balaban J connectivity index is 1.62. The first-order valence-electron chi connectivity index (χ1n) is 6.84. The van der Waals surface area contributed by atoms with Crippen molar-refractivity contribution in [2.75, 3.05) is 0 Å². The van der Waals surface area contributed by atoms with Crippen LogP contribution in [0.5, 0.6) is 0 Å². The summed E-state index contributed by atoms with van der Waals surface area (Å²) in [4.78, 5) is 12.2. The van der Waals surface area contributed by atoms with Crippen LogP contribution in [0.15, 0.2) is 24.3 Å². The third kappa shape index (κ3) is 2.15. The molecule has 0 saturated heterocycles. The molecule has 1 heteroatoms. The van der Waals surface area contributed by atoms with Gasteiger partial charge in [-0.1, -0.05) is 42.7 Å². The molecule has 2 aliphatic carbocycles. The summed E-state index contributed by atoms with van der Waals surface area (Å²) in [6.07, 6.45) is 5.94. The number of hydrogen-bond donors (Lipinski definition) is 0. The van der Waals surface area contributed by atoms with Crippen LogP contribution in [0.4, 0.5) is 0 Å². The van der Waals surface area contributed by atoms with E-state index in [1.807, 2.05) is 0 Å². The number of carbonyl (C=O) groups excluding carboxylic acids is 1. The van der Waals surface area contributed by atoms with E-state index in [9.17, 15) is 4.79 Å². The Hall–Kier alpha value is -1.11. The number of aryl methyl sites for hydroxylation is 1. The zero-order chi connectivity index (χ0) is 11.8. The molecule has 2 saturated carbocycles. The Morgan fingerprint density at radius 3 is 2.29 bits per heavy atom. The van der Waals surface area contributed by atoms with Gasteiger partial charge < -0.3 is 0 Å². The zero-order valence-electron chi connectivity index (χ0n) is 10.5. The average Bonchev–Trinajstić information content (AvgIpc) is 3.06. The van der Waals surface area contributed by atoms with Gasteiger partial charge in [-0.05, 0) is 37.2 Å². The van der Waals surface area contributed by atoms with Gasteiger partial charge in [0.25, 0.3) is 0 Å². The molecule has 2 unspecified atom stereocenters. The Bertz CT molecular complexity index is 406. The molecule has 0 aliphatic heterocycles. The largest absolute Gasteiger partial charge is 0.299 e. The second-order valence-corrected chi connectivity index (χ2v) is 5.77. The lowest BCUT2D eigenvalue weighted by atomic mass is 10.0. The maximum absolute atomic E-state index is 12.2. The van der Waals surface area contributed by atoms with Crippen LogP contribution < -0.4 is 0 Å². The Kier molecular flexibility index (Phi) is 2.78. The second kappa shape index (κ2) is 4.29. The molecule has 2 atom stereocenters. The van der Waals surface area contributed by atoms with Crippen molar-refractivity contribution in [2.24, 2.45) is 17.8 Å². The summed E-state index contributed by atoms with van der Waals surface area (Å²) in [5.41, 5.74) is 2.45. The lowest BCUT2D eigenvalue weighted by molar-refractivity contribution is -0.120. The van der Waals surface area contributed by atoms with Crippen molar-refractivity contribution in [2.45, 2.75) is 39.0 Å². The van der Waals surface area contributed by atoms with E-state index in [0.717, 1.165) is 11.8 Å². The first kappa shape index (κ1) is 11.0. The smallest absolute Gasteiger partial charge is 0.140 e. The van der Waals surface area contributed by atoms with Gasteiger partial charge in [0.2, 0.25) is 0 Å². The van der Waals surface area contributed by atoms with Crippen LogP contribution in [0.25, 0.3) is 0 Å². The third-order valence-corrected chi connectivity index (χ3v) is 4.53. The van der Waals surface area contributed by atoms with E-state index in [1.54, 1.807) is 0 Å². The molecule has 0 aromatic heterocycles. The van der Waals surface area contributed by atoms with Crippen molar-refractivity contribution in [3.05, 3.63) is 35.4 Å². The number of benzene rings is 1. The van der Waals surface area contributed by atoms with Gasteiger partial charge in [-0.2, -0.15) is 0 Å². The van der Waals surface area contributed by atoms with Crippen LogP contribution in [0, 0.1) is 24.7 Å². The second-order valence-electron chi connectivity index (χ2n) is 5.77. The number of hydrogen-bond acceptors (Lipinski definition) is 1. The lowest BCUT2D eigenvalue weighted by Crippen LogP contribution is -2.07. The van der Waals surface area contributed by atoms with Crippen molar-refractivity contribution >= 4 is 5.78 Å². The molecular formula is C16H20O. The van der Waals surface area contributed by atoms with Crippen molar-refractivity contribution in [3.8, 4) is 0 Å². The van der Waals surface area contributed by atoms with Gasteiger partial charge in [-0.3, -0.25) is 4.79 Å². The van der Waals surface area contributed by atoms with Gasteiger partial charge in [-0.25, -0.2) is 0 Å². The van der Waals surface area contributed by atoms with Gasteiger partial charge in [0.15, 0.2) is 0 Å². The average molecular weight is 228 g/mol. The number of Topliss-reactive ketones (excluding diaryl/α,β-unsaturated/α-hetero) is 1. The molecule has 0 heterocycles. The molecule has 90 valence electrons. The SMILES string of the molecule is Cc1ccc(CC(=O)C2C3CCCCC32)cc1. The highest BCUT2D eigenvalue weighted by Gasteiger charge is 2.53. The predicted molar refractivity (Wildman–Crippen MR) is 68.8 cm³/mol. The van der Waals surface area contributed by atoms with E-state index in [1.165, 1.54) is 36.8 Å². The Morgan fingerprint density at radius 1 is 1.12 bits per heavy atom. The Morgan fingerprint density at radius 2 is 1.71 bits per heavy atom. The molecule has 0 N–H and O–H groups in total. The maximum Gasteiger partial charge on any atom is 0.140 e. The fraction of sp³-hybridized carbons (Fsp3) is 0.562. The molecule has 1 aromatic rings. The molecule has 2 aliphatic rings. The zero-order valence-corrected chi connectivity index (χ0v) is 10.5. The molecular weight excluding hydrogens is 208 g/mol. The molecule has 2 fully saturated rings. The van der Waals surface area contributed by atoms with Gasteiger partial charge in [0.1, 0.15) is 5.78 Å². The topological polar surface area (TPSA) is 17.1 Å². The van der Waals surface area contributed by atoms with E-state index < -0.39 is 0 Å². The summed E-state index contributed by atoms with van der Waals surface area (Å²) >= 11 is 0. The minimum Gasteiger partial charge on any atom is -0.299 e. The molecule has 0 bridgehead atoms. The van der Waals surface area contributed by atoms with E-state index >= 15 is 0 Å². The van der Waals surface area contributed by atoms with E-state index in [-0.39, 0.29) is 0 Å². The van der Waals surface area contributed by atoms with Gasteiger partial charge in [0, 0.05) is 12.3 Å². The quantitative estimate of drug-likeness (QED) is 0.773. The van der Waals surface area contributed by atoms with Crippen molar-refractivity contribution in [3.63, 3.8) is 0 Å². The molecule has 17 heavy (non-hydrogen) atoms. The summed E-state index contributed by atoms with van der Waals surface area (Å²) in [6, 6.07) is 8.39. The predicted octanol–water partition coefficient (Wildman–Crippen LogP) is 3.54. The fourth-order valence-corrected chi connectivity index (χ4v) is 3.49. The highest BCUT2D eigenvalue weighted by molar-refractivity contribution is 5.86. The lowest BCUT2D eigenvalue weighted by Gasteiger charge is -2.04. The van der Waals surface area contributed by atoms with Crippen molar-refractivity contribution < 1.29 is 4.79 Å². The molecule has 3 rings (SSSR count). The third-order valence-electron chi connectivity index (χ3n) is 4.53. The molecule has 1 nitrogen and oxygen atoms in total. The normalized spacial score (nSPS) is 30.8.